The van der Waals surface area contributed by atoms with Gasteiger partial charge in [-0.1, -0.05) is 24.3 Å². The number of aromatic nitrogens is 3. The van der Waals surface area contributed by atoms with Gasteiger partial charge in [0, 0.05) is 36.8 Å². The lowest BCUT2D eigenvalue weighted by Crippen LogP contribution is -2.52. The van der Waals surface area contributed by atoms with Crippen LogP contribution in [0.15, 0.2) is 42.6 Å². The van der Waals surface area contributed by atoms with Gasteiger partial charge in [0.2, 0.25) is 0 Å². The van der Waals surface area contributed by atoms with Crippen LogP contribution in [0.3, 0.4) is 0 Å². The van der Waals surface area contributed by atoms with Crippen LogP contribution in [0.2, 0.25) is 0 Å². The number of phenols is 1. The summed E-state index contributed by atoms with van der Waals surface area (Å²) in [6, 6.07) is 10.6. The molecular weight excluding hydrogens is 514 g/mol. The van der Waals surface area contributed by atoms with Crippen molar-refractivity contribution in [1.82, 2.24) is 19.9 Å². The Bertz CT molecular complexity index is 1610. The van der Waals surface area contributed by atoms with Crippen LogP contribution in [0.1, 0.15) is 38.5 Å². The van der Waals surface area contributed by atoms with Gasteiger partial charge in [-0.25, -0.2) is 8.78 Å². The van der Waals surface area contributed by atoms with Crippen LogP contribution in [0, 0.1) is 5.82 Å². The van der Waals surface area contributed by atoms with E-state index in [2.05, 4.69) is 25.2 Å². The van der Waals surface area contributed by atoms with Gasteiger partial charge in [0.1, 0.15) is 35.6 Å². The van der Waals surface area contributed by atoms with Gasteiger partial charge in [-0.05, 0) is 61.6 Å². The summed E-state index contributed by atoms with van der Waals surface area (Å²) in [5.41, 5.74) is 6.31. The summed E-state index contributed by atoms with van der Waals surface area (Å²) in [6.07, 6.45) is 5.77. The number of pyridine rings is 1. The number of fused-ring (bicyclic) bond motifs is 3. The molecule has 2 aromatic heterocycles. The topological polar surface area (TPSA) is 109 Å². The molecule has 2 atom stereocenters. The predicted octanol–water partition coefficient (Wildman–Crippen LogP) is 4.94. The molecule has 3 aliphatic rings. The number of nitrogens with one attached hydrogen (secondary N) is 1. The Kier molecular flexibility index (Phi) is 6.01. The number of aromatic hydroxyl groups is 1. The molecule has 0 spiro atoms. The molecule has 3 fully saturated rings. The summed E-state index contributed by atoms with van der Waals surface area (Å²) < 4.78 is 36.8. The molecule has 0 amide bonds. The molecule has 2 aromatic carbocycles. The maximum Gasteiger partial charge on any atom is 0.319 e. The minimum absolute atomic E-state index is 0.0147. The van der Waals surface area contributed by atoms with Gasteiger partial charge < -0.3 is 20.9 Å². The van der Waals surface area contributed by atoms with Crippen molar-refractivity contribution in [3.8, 4) is 23.0 Å². The highest BCUT2D eigenvalue weighted by atomic mass is 19.1. The summed E-state index contributed by atoms with van der Waals surface area (Å²) in [7, 11) is 0. The first-order chi connectivity index (χ1) is 19.3. The van der Waals surface area contributed by atoms with Crippen molar-refractivity contribution in [2.75, 3.05) is 31.6 Å². The first-order valence-electron chi connectivity index (χ1n) is 14.0. The molecule has 7 rings (SSSR count). The Morgan fingerprint density at radius 2 is 1.98 bits per heavy atom. The van der Waals surface area contributed by atoms with Crippen molar-refractivity contribution in [3.63, 3.8) is 0 Å². The minimum Gasteiger partial charge on any atom is -0.508 e. The Balaban J connectivity index is 1.30. The van der Waals surface area contributed by atoms with Crippen molar-refractivity contribution in [3.05, 3.63) is 48.4 Å². The van der Waals surface area contributed by atoms with Crippen molar-refractivity contribution in [2.24, 2.45) is 5.73 Å². The van der Waals surface area contributed by atoms with E-state index in [0.717, 1.165) is 49.4 Å². The molecular formula is C30H32F2N6O2. The van der Waals surface area contributed by atoms with E-state index >= 15 is 4.39 Å². The fraction of sp³-hybridized carbons (Fsp3) is 0.433. The fourth-order valence-corrected chi connectivity index (χ4v) is 6.63. The molecule has 4 N–H and O–H groups in total. The predicted molar refractivity (Wildman–Crippen MR) is 150 cm³/mol. The zero-order valence-electron chi connectivity index (χ0n) is 22.2. The van der Waals surface area contributed by atoms with E-state index in [1.165, 1.54) is 6.07 Å². The Hall–Kier alpha value is -3.63. The van der Waals surface area contributed by atoms with E-state index in [1.807, 2.05) is 24.3 Å². The molecule has 4 heterocycles. The Labute approximate surface area is 230 Å². The van der Waals surface area contributed by atoms with Crippen LogP contribution >= 0.6 is 0 Å². The summed E-state index contributed by atoms with van der Waals surface area (Å²) >= 11 is 0. The third-order valence-electron chi connectivity index (χ3n) is 8.95. The maximum absolute atomic E-state index is 16.3. The third-order valence-corrected chi connectivity index (χ3v) is 8.95. The largest absolute Gasteiger partial charge is 0.508 e. The van der Waals surface area contributed by atoms with Crippen LogP contribution in [0.5, 0.6) is 11.8 Å². The SMILES string of the molecule is NC1(CNc2nc(OC[C@@]34CCCN3C[C@H](F)C4)nc3c(F)c(-c4cc(O)cc5ccccc45)ncc23)CCC1. The second kappa shape index (κ2) is 9.49. The molecule has 40 heavy (non-hydrogen) atoms. The average molecular weight is 547 g/mol. The lowest BCUT2D eigenvalue weighted by molar-refractivity contribution is 0.107. The molecule has 0 bridgehead atoms. The molecule has 1 aliphatic carbocycles. The lowest BCUT2D eigenvalue weighted by Gasteiger charge is -2.38. The maximum atomic E-state index is 16.3. The number of nitrogens with zero attached hydrogens (tertiary/aromatic N) is 4. The second-order valence-electron chi connectivity index (χ2n) is 11.7. The van der Waals surface area contributed by atoms with Crippen LogP contribution < -0.4 is 15.8 Å². The highest BCUT2D eigenvalue weighted by Gasteiger charge is 2.49. The highest BCUT2D eigenvalue weighted by Crippen LogP contribution is 2.41. The van der Waals surface area contributed by atoms with E-state index in [0.29, 0.717) is 36.3 Å². The lowest BCUT2D eigenvalue weighted by atomic mass is 9.78. The van der Waals surface area contributed by atoms with Gasteiger partial charge in [0.05, 0.1) is 10.9 Å². The molecule has 10 heteroatoms. The van der Waals surface area contributed by atoms with E-state index in [4.69, 9.17) is 10.5 Å². The summed E-state index contributed by atoms with van der Waals surface area (Å²) in [6.45, 7) is 1.96. The van der Waals surface area contributed by atoms with Gasteiger partial charge in [0.15, 0.2) is 5.82 Å². The minimum atomic E-state index is -0.884. The van der Waals surface area contributed by atoms with Crippen LogP contribution in [-0.4, -0.2) is 68.4 Å². The number of anilines is 1. The van der Waals surface area contributed by atoms with Gasteiger partial charge in [-0.15, -0.1) is 0 Å². The van der Waals surface area contributed by atoms with E-state index in [-0.39, 0.29) is 40.7 Å². The van der Waals surface area contributed by atoms with Crippen LogP contribution in [-0.2, 0) is 0 Å². The normalized spacial score (nSPS) is 23.8. The molecule has 1 saturated carbocycles. The molecule has 0 radical (unpaired) electrons. The summed E-state index contributed by atoms with van der Waals surface area (Å²) in [5, 5.41) is 15.6. The summed E-state index contributed by atoms with van der Waals surface area (Å²) in [5.74, 6) is -0.230. The number of hydrogen-bond donors (Lipinski definition) is 3. The first-order valence-corrected chi connectivity index (χ1v) is 14.0. The number of benzene rings is 2. The van der Waals surface area contributed by atoms with E-state index in [1.54, 1.807) is 12.3 Å². The van der Waals surface area contributed by atoms with E-state index in [9.17, 15) is 9.50 Å². The number of ether oxygens (including phenoxy) is 1. The standard InChI is InChI=1S/C30H32F2N6O2/c31-19-13-30(9-4-10-38(30)15-19)17-40-28-36-26-23(27(37-28)35-16-29(33)7-3-8-29)14-34-25(24(26)32)22-12-20(39)11-18-5-1-2-6-21(18)22/h1-2,5-6,11-12,14,19,39H,3-4,7-10,13,15-17,33H2,(H,35,36,37)/t19-,30+/m1/s1. The third kappa shape index (κ3) is 4.30. The summed E-state index contributed by atoms with van der Waals surface area (Å²) in [4.78, 5) is 15.7. The quantitative estimate of drug-likeness (QED) is 0.299. The smallest absolute Gasteiger partial charge is 0.319 e. The number of nitrogens with two attached hydrogens (primary N) is 1. The number of hydrogen-bond acceptors (Lipinski definition) is 8. The molecule has 0 unspecified atom stereocenters. The molecule has 208 valence electrons. The zero-order chi connectivity index (χ0) is 27.5. The van der Waals surface area contributed by atoms with Crippen molar-refractivity contribution in [2.45, 2.75) is 55.8 Å². The van der Waals surface area contributed by atoms with Gasteiger partial charge in [-0.2, -0.15) is 9.97 Å². The number of alkyl halides is 1. The van der Waals surface area contributed by atoms with Crippen molar-refractivity contribution < 1.29 is 18.6 Å². The Morgan fingerprint density at radius 1 is 1.12 bits per heavy atom. The van der Waals surface area contributed by atoms with Crippen molar-refractivity contribution in [1.29, 1.82) is 0 Å². The zero-order valence-corrected chi connectivity index (χ0v) is 22.2. The van der Waals surface area contributed by atoms with Gasteiger partial charge in [-0.3, -0.25) is 9.88 Å². The Morgan fingerprint density at radius 3 is 2.80 bits per heavy atom. The van der Waals surface area contributed by atoms with Crippen molar-refractivity contribution >= 4 is 27.5 Å². The van der Waals surface area contributed by atoms with E-state index < -0.39 is 12.0 Å². The first kappa shape index (κ1) is 25.3. The number of phenolic OH excluding ortho intramolecular Hbond substituents is 1. The monoisotopic (exact) mass is 546 g/mol. The molecule has 8 nitrogen and oxygen atoms in total. The van der Waals surface area contributed by atoms with Gasteiger partial charge >= 0.3 is 6.01 Å². The number of rotatable bonds is 7. The molecule has 2 saturated heterocycles. The van der Waals surface area contributed by atoms with Crippen LogP contribution in [0.25, 0.3) is 32.9 Å². The molecule has 2 aliphatic heterocycles. The molecule has 4 aromatic rings. The highest BCUT2D eigenvalue weighted by molar-refractivity contribution is 5.99. The second-order valence-corrected chi connectivity index (χ2v) is 11.7. The van der Waals surface area contributed by atoms with Gasteiger partial charge in [0.25, 0.3) is 0 Å². The van der Waals surface area contributed by atoms with Crippen LogP contribution in [0.4, 0.5) is 14.6 Å². The average Bonchev–Trinajstić information content (AvgIpc) is 3.45. The fourth-order valence-electron chi connectivity index (χ4n) is 6.63. The number of halogens is 2.